The van der Waals surface area contributed by atoms with Crippen LogP contribution in [0.25, 0.3) is 0 Å². The molecule has 70 valence electrons. The molecule has 0 aromatic heterocycles. The summed E-state index contributed by atoms with van der Waals surface area (Å²) in [5.74, 6) is 0. The number of aliphatic hydroxyl groups is 1. The summed E-state index contributed by atoms with van der Waals surface area (Å²) in [6, 6.07) is 0. The van der Waals surface area contributed by atoms with Crippen LogP contribution in [0, 0.1) is 5.41 Å². The molecule has 0 spiro atoms. The van der Waals surface area contributed by atoms with Gasteiger partial charge in [0.2, 0.25) is 0 Å². The van der Waals surface area contributed by atoms with Crippen molar-refractivity contribution in [2.45, 2.75) is 37.9 Å². The van der Waals surface area contributed by atoms with Gasteiger partial charge in [-0.15, -0.1) is 0 Å². The van der Waals surface area contributed by atoms with Crippen LogP contribution in [0.3, 0.4) is 0 Å². The molecule has 2 aliphatic rings. The molecule has 3 heteroatoms. The van der Waals surface area contributed by atoms with Crippen molar-refractivity contribution >= 4 is 0 Å². The number of hydrogen-bond donors (Lipinski definition) is 2. The molecule has 0 bridgehead atoms. The van der Waals surface area contributed by atoms with Crippen molar-refractivity contribution in [3.8, 4) is 0 Å². The maximum atomic E-state index is 9.26. The molecule has 0 aromatic rings. The van der Waals surface area contributed by atoms with Crippen molar-refractivity contribution in [3.05, 3.63) is 0 Å². The maximum absolute atomic E-state index is 9.26. The van der Waals surface area contributed by atoms with Crippen LogP contribution in [-0.2, 0) is 4.74 Å². The van der Waals surface area contributed by atoms with Gasteiger partial charge in [0.25, 0.3) is 0 Å². The highest BCUT2D eigenvalue weighted by Crippen LogP contribution is 2.47. The molecule has 1 saturated carbocycles. The van der Waals surface area contributed by atoms with E-state index < -0.39 is 0 Å². The predicted molar refractivity (Wildman–Crippen MR) is 45.7 cm³/mol. The lowest BCUT2D eigenvalue weighted by molar-refractivity contribution is -0.109. The van der Waals surface area contributed by atoms with Gasteiger partial charge in [-0.1, -0.05) is 0 Å². The lowest BCUT2D eigenvalue weighted by Gasteiger charge is -2.48. The van der Waals surface area contributed by atoms with E-state index in [1.807, 2.05) is 0 Å². The van der Waals surface area contributed by atoms with E-state index in [0.29, 0.717) is 12.6 Å². The quantitative estimate of drug-likeness (QED) is 0.627. The van der Waals surface area contributed by atoms with Gasteiger partial charge in [-0.3, -0.25) is 0 Å². The second kappa shape index (κ2) is 2.98. The van der Waals surface area contributed by atoms with Crippen molar-refractivity contribution in [2.75, 3.05) is 13.2 Å². The minimum absolute atomic E-state index is 0.121. The van der Waals surface area contributed by atoms with E-state index in [0.717, 1.165) is 32.3 Å². The fourth-order valence-electron chi connectivity index (χ4n) is 2.50. The summed E-state index contributed by atoms with van der Waals surface area (Å²) in [7, 11) is 0. The average molecular weight is 171 g/mol. The van der Waals surface area contributed by atoms with Crippen LogP contribution in [0.2, 0.25) is 0 Å². The lowest BCUT2D eigenvalue weighted by Crippen LogP contribution is -2.53. The van der Waals surface area contributed by atoms with Crippen LogP contribution in [0.5, 0.6) is 0 Å². The monoisotopic (exact) mass is 171 g/mol. The zero-order valence-corrected chi connectivity index (χ0v) is 7.33. The van der Waals surface area contributed by atoms with Crippen LogP contribution in [0.1, 0.15) is 25.7 Å². The summed E-state index contributed by atoms with van der Waals surface area (Å²) >= 11 is 0. The molecular formula is C9H17NO2. The fraction of sp³-hybridized carbons (Fsp3) is 1.00. The average Bonchev–Trinajstić information content (AvgIpc) is 2.50. The number of nitrogens with two attached hydrogens (primary N) is 1. The highest BCUT2D eigenvalue weighted by Gasteiger charge is 2.49. The fourth-order valence-corrected chi connectivity index (χ4v) is 2.50. The molecule has 0 aromatic carbocycles. The van der Waals surface area contributed by atoms with E-state index in [4.69, 9.17) is 10.5 Å². The molecule has 0 radical (unpaired) electrons. The minimum atomic E-state index is -0.127. The van der Waals surface area contributed by atoms with E-state index >= 15 is 0 Å². The molecule has 1 saturated heterocycles. The summed E-state index contributed by atoms with van der Waals surface area (Å²) in [4.78, 5) is 0. The molecule has 2 rings (SSSR count). The molecule has 12 heavy (non-hydrogen) atoms. The third-order valence-corrected chi connectivity index (χ3v) is 3.30. The molecule has 1 aliphatic heterocycles. The van der Waals surface area contributed by atoms with Crippen LogP contribution >= 0.6 is 0 Å². The third kappa shape index (κ3) is 1.16. The van der Waals surface area contributed by atoms with Crippen molar-refractivity contribution in [3.63, 3.8) is 0 Å². The summed E-state index contributed by atoms with van der Waals surface area (Å²) in [5.41, 5.74) is 5.84. The van der Waals surface area contributed by atoms with Gasteiger partial charge in [0.05, 0.1) is 12.2 Å². The molecular weight excluding hydrogens is 154 g/mol. The Balaban J connectivity index is 1.98. The zero-order valence-electron chi connectivity index (χ0n) is 7.33. The first-order chi connectivity index (χ1) is 5.77. The molecule has 1 heterocycles. The van der Waals surface area contributed by atoms with Crippen molar-refractivity contribution in [1.82, 2.24) is 0 Å². The molecule has 2 fully saturated rings. The Morgan fingerprint density at radius 3 is 2.67 bits per heavy atom. The molecule has 1 atom stereocenters. The van der Waals surface area contributed by atoms with Gasteiger partial charge < -0.3 is 15.6 Å². The highest BCUT2D eigenvalue weighted by atomic mass is 16.5. The first-order valence-electron chi connectivity index (χ1n) is 4.76. The van der Waals surface area contributed by atoms with Gasteiger partial charge in [0.15, 0.2) is 0 Å². The first kappa shape index (κ1) is 8.48. The Morgan fingerprint density at radius 1 is 1.50 bits per heavy atom. The summed E-state index contributed by atoms with van der Waals surface area (Å²) < 4.78 is 5.61. The van der Waals surface area contributed by atoms with Crippen LogP contribution in [-0.4, -0.2) is 30.5 Å². The molecule has 1 unspecified atom stereocenters. The lowest BCUT2D eigenvalue weighted by atomic mass is 9.63. The standard InChI is InChI=1S/C9H17NO2/c10-6-9(4-7(11)5-9)8-2-1-3-12-8/h7-8,11H,1-6,10H2. The smallest absolute Gasteiger partial charge is 0.0646 e. The van der Waals surface area contributed by atoms with Gasteiger partial charge in [0.1, 0.15) is 0 Å². The highest BCUT2D eigenvalue weighted by molar-refractivity contribution is 5.01. The Morgan fingerprint density at radius 2 is 2.25 bits per heavy atom. The van der Waals surface area contributed by atoms with E-state index in [-0.39, 0.29) is 11.5 Å². The summed E-state index contributed by atoms with van der Waals surface area (Å²) in [5, 5.41) is 9.26. The summed E-state index contributed by atoms with van der Waals surface area (Å²) in [6.07, 6.45) is 4.16. The van der Waals surface area contributed by atoms with Gasteiger partial charge >= 0.3 is 0 Å². The summed E-state index contributed by atoms with van der Waals surface area (Å²) in [6.45, 7) is 1.54. The number of aliphatic hydroxyl groups excluding tert-OH is 1. The van der Waals surface area contributed by atoms with E-state index in [1.165, 1.54) is 0 Å². The number of hydrogen-bond acceptors (Lipinski definition) is 3. The topological polar surface area (TPSA) is 55.5 Å². The third-order valence-electron chi connectivity index (χ3n) is 3.30. The largest absolute Gasteiger partial charge is 0.393 e. The Kier molecular flexibility index (Phi) is 2.10. The number of ether oxygens (including phenoxy) is 1. The predicted octanol–water partition coefficient (Wildman–Crippen LogP) is 0.265. The second-order valence-electron chi connectivity index (χ2n) is 4.13. The van der Waals surface area contributed by atoms with Crippen LogP contribution in [0.4, 0.5) is 0 Å². The molecule has 1 aliphatic carbocycles. The molecule has 3 nitrogen and oxygen atoms in total. The Labute approximate surface area is 72.9 Å². The maximum Gasteiger partial charge on any atom is 0.0646 e. The van der Waals surface area contributed by atoms with Crippen molar-refractivity contribution < 1.29 is 9.84 Å². The van der Waals surface area contributed by atoms with Crippen molar-refractivity contribution in [2.24, 2.45) is 11.1 Å². The normalized spacial score (nSPS) is 47.5. The van der Waals surface area contributed by atoms with Crippen LogP contribution < -0.4 is 5.73 Å². The van der Waals surface area contributed by atoms with Gasteiger partial charge in [-0.05, 0) is 25.7 Å². The first-order valence-corrected chi connectivity index (χ1v) is 4.76. The SMILES string of the molecule is NCC1(C2CCCO2)CC(O)C1. The van der Waals surface area contributed by atoms with Gasteiger partial charge in [-0.2, -0.15) is 0 Å². The van der Waals surface area contributed by atoms with Gasteiger partial charge in [-0.25, -0.2) is 0 Å². The Hall–Kier alpha value is -0.120. The zero-order chi connectivity index (χ0) is 8.60. The van der Waals surface area contributed by atoms with E-state index in [1.54, 1.807) is 0 Å². The Bertz CT molecular complexity index is 160. The minimum Gasteiger partial charge on any atom is -0.393 e. The second-order valence-corrected chi connectivity index (χ2v) is 4.13. The van der Waals surface area contributed by atoms with Gasteiger partial charge in [0, 0.05) is 18.6 Å². The van der Waals surface area contributed by atoms with E-state index in [2.05, 4.69) is 0 Å². The van der Waals surface area contributed by atoms with Crippen LogP contribution in [0.15, 0.2) is 0 Å². The van der Waals surface area contributed by atoms with Crippen molar-refractivity contribution in [1.29, 1.82) is 0 Å². The molecule has 3 N–H and O–H groups in total. The van der Waals surface area contributed by atoms with E-state index in [9.17, 15) is 5.11 Å². The number of rotatable bonds is 2. The molecule has 0 amide bonds.